The molecule has 0 saturated heterocycles. The number of pyridine rings is 1. The van der Waals surface area contributed by atoms with Crippen molar-refractivity contribution in [3.8, 4) is 0 Å². The van der Waals surface area contributed by atoms with E-state index in [1.807, 2.05) is 0 Å². The smallest absolute Gasteiger partial charge is 0.412 e. The summed E-state index contributed by atoms with van der Waals surface area (Å²) in [6.45, 7) is 6.99. The molecule has 1 heterocycles. The Labute approximate surface area is 93.8 Å². The molecule has 16 heavy (non-hydrogen) atoms. The topological polar surface area (TPSA) is 51.2 Å². The van der Waals surface area contributed by atoms with Gasteiger partial charge in [0.25, 0.3) is 0 Å². The van der Waals surface area contributed by atoms with Crippen molar-refractivity contribution in [2.24, 2.45) is 0 Å². The normalized spacial score (nSPS) is 11.1. The second kappa shape index (κ2) is 4.47. The number of aryl methyl sites for hydroxylation is 1. The zero-order valence-corrected chi connectivity index (χ0v) is 9.80. The molecule has 0 fully saturated rings. The number of anilines is 1. The number of aromatic nitrogens is 1. The summed E-state index contributed by atoms with van der Waals surface area (Å²) in [6, 6.07) is 1.15. The Morgan fingerprint density at radius 2 is 2.12 bits per heavy atom. The van der Waals surface area contributed by atoms with Crippen molar-refractivity contribution in [3.05, 3.63) is 23.8 Å². The number of rotatable bonds is 1. The van der Waals surface area contributed by atoms with Gasteiger partial charge < -0.3 is 4.74 Å². The van der Waals surface area contributed by atoms with E-state index in [1.165, 1.54) is 6.20 Å². The highest BCUT2D eigenvalue weighted by Crippen LogP contribution is 2.15. The van der Waals surface area contributed by atoms with Crippen molar-refractivity contribution in [1.29, 1.82) is 0 Å². The van der Waals surface area contributed by atoms with Crippen LogP contribution in [0.1, 0.15) is 26.3 Å². The Bertz CT molecular complexity index is 399. The maximum Gasteiger partial charge on any atom is 0.412 e. The Morgan fingerprint density at radius 3 is 2.69 bits per heavy atom. The molecule has 88 valence electrons. The van der Waals surface area contributed by atoms with Gasteiger partial charge >= 0.3 is 6.09 Å². The van der Waals surface area contributed by atoms with Gasteiger partial charge in [0.1, 0.15) is 5.60 Å². The summed E-state index contributed by atoms with van der Waals surface area (Å²) in [5.74, 6) is -0.642. The van der Waals surface area contributed by atoms with E-state index in [4.69, 9.17) is 4.74 Å². The summed E-state index contributed by atoms with van der Waals surface area (Å²) in [5, 5.41) is 2.47. The number of nitrogens with one attached hydrogen (secondary N) is 1. The minimum Gasteiger partial charge on any atom is -0.444 e. The number of amides is 1. The van der Waals surface area contributed by atoms with Crippen molar-refractivity contribution in [1.82, 2.24) is 4.98 Å². The van der Waals surface area contributed by atoms with Gasteiger partial charge in [-0.2, -0.15) is 4.39 Å². The molecule has 0 spiro atoms. The molecule has 1 aromatic heterocycles. The molecule has 0 aliphatic rings. The van der Waals surface area contributed by atoms with Crippen LogP contribution in [0.2, 0.25) is 0 Å². The van der Waals surface area contributed by atoms with Crippen LogP contribution < -0.4 is 5.32 Å². The summed E-state index contributed by atoms with van der Waals surface area (Å²) >= 11 is 0. The predicted molar refractivity (Wildman–Crippen MR) is 58.8 cm³/mol. The van der Waals surface area contributed by atoms with Crippen molar-refractivity contribution in [2.75, 3.05) is 5.32 Å². The number of carbonyl (C=O) groups excluding carboxylic acids is 1. The first-order valence-corrected chi connectivity index (χ1v) is 4.90. The molecule has 0 bridgehead atoms. The molecule has 4 nitrogen and oxygen atoms in total. The van der Waals surface area contributed by atoms with Crippen LogP contribution >= 0.6 is 0 Å². The summed E-state index contributed by atoms with van der Waals surface area (Å²) in [5.41, 5.74) is 0.456. The quantitative estimate of drug-likeness (QED) is 0.749. The lowest BCUT2D eigenvalue weighted by Crippen LogP contribution is -2.27. The van der Waals surface area contributed by atoms with Crippen molar-refractivity contribution >= 4 is 11.8 Å². The number of halogens is 1. The van der Waals surface area contributed by atoms with Crippen LogP contribution in [-0.4, -0.2) is 16.7 Å². The van der Waals surface area contributed by atoms with Crippen molar-refractivity contribution < 1.29 is 13.9 Å². The average Bonchev–Trinajstić information content (AvgIpc) is 2.08. The second-order valence-corrected chi connectivity index (χ2v) is 4.45. The van der Waals surface area contributed by atoms with Gasteiger partial charge in [-0.3, -0.25) is 5.32 Å². The van der Waals surface area contributed by atoms with E-state index >= 15 is 0 Å². The standard InChI is InChI=1S/C11H15FN2O2/c1-7-6-13-9(12)5-8(7)14-10(15)16-11(2,3)4/h5-6H,1-4H3,(H,13,14,15). The lowest BCUT2D eigenvalue weighted by Gasteiger charge is -2.20. The Kier molecular flexibility index (Phi) is 3.47. The third-order valence-corrected chi connectivity index (χ3v) is 1.71. The highest BCUT2D eigenvalue weighted by atomic mass is 19.1. The Balaban J connectivity index is 2.73. The average molecular weight is 226 g/mol. The number of hydrogen-bond acceptors (Lipinski definition) is 3. The van der Waals surface area contributed by atoms with E-state index in [9.17, 15) is 9.18 Å². The fourth-order valence-electron chi connectivity index (χ4n) is 1.05. The first kappa shape index (κ1) is 12.4. The lowest BCUT2D eigenvalue weighted by atomic mass is 10.2. The minimum absolute atomic E-state index is 0.363. The van der Waals surface area contributed by atoms with Gasteiger partial charge in [0, 0.05) is 12.3 Å². The predicted octanol–water partition coefficient (Wildman–Crippen LogP) is 2.88. The van der Waals surface area contributed by atoms with Crippen molar-refractivity contribution in [3.63, 3.8) is 0 Å². The van der Waals surface area contributed by atoms with Gasteiger partial charge in [0.15, 0.2) is 0 Å². The van der Waals surface area contributed by atoms with Crippen molar-refractivity contribution in [2.45, 2.75) is 33.3 Å². The fourth-order valence-corrected chi connectivity index (χ4v) is 1.05. The van der Waals surface area contributed by atoms with Gasteiger partial charge in [0.2, 0.25) is 5.95 Å². The highest BCUT2D eigenvalue weighted by molar-refractivity contribution is 5.85. The van der Waals surface area contributed by atoms with E-state index in [0.717, 1.165) is 6.07 Å². The summed E-state index contributed by atoms with van der Waals surface area (Å²) in [6.07, 6.45) is 0.739. The van der Waals surface area contributed by atoms with Gasteiger partial charge in [-0.1, -0.05) is 0 Å². The van der Waals surface area contributed by atoms with Gasteiger partial charge in [-0.25, -0.2) is 9.78 Å². The first-order valence-electron chi connectivity index (χ1n) is 4.90. The molecular formula is C11H15FN2O2. The molecule has 0 aromatic carbocycles. The molecule has 0 atom stereocenters. The van der Waals surface area contributed by atoms with Crippen LogP contribution in [-0.2, 0) is 4.74 Å². The second-order valence-electron chi connectivity index (χ2n) is 4.45. The molecule has 1 aromatic rings. The number of hydrogen-bond donors (Lipinski definition) is 1. The summed E-state index contributed by atoms with van der Waals surface area (Å²) in [7, 11) is 0. The maximum atomic E-state index is 12.8. The number of nitrogens with zero attached hydrogens (tertiary/aromatic N) is 1. The van der Waals surface area contributed by atoms with Gasteiger partial charge in [0.05, 0.1) is 5.69 Å². The third-order valence-electron chi connectivity index (χ3n) is 1.71. The van der Waals surface area contributed by atoms with Crippen LogP contribution in [0.4, 0.5) is 14.9 Å². The number of ether oxygens (including phenoxy) is 1. The molecule has 0 unspecified atom stereocenters. The molecular weight excluding hydrogens is 211 g/mol. The number of carbonyl (C=O) groups is 1. The zero-order valence-electron chi connectivity index (χ0n) is 9.80. The Hall–Kier alpha value is -1.65. The molecule has 1 N–H and O–H groups in total. The van der Waals surface area contributed by atoms with E-state index < -0.39 is 17.6 Å². The molecule has 1 rings (SSSR count). The fraction of sp³-hybridized carbons (Fsp3) is 0.455. The first-order chi connectivity index (χ1) is 7.28. The molecule has 0 radical (unpaired) electrons. The van der Waals surface area contributed by atoms with E-state index in [2.05, 4.69) is 10.3 Å². The lowest BCUT2D eigenvalue weighted by molar-refractivity contribution is 0.0636. The Morgan fingerprint density at radius 1 is 1.50 bits per heavy atom. The molecule has 0 saturated carbocycles. The molecule has 1 amide bonds. The van der Waals surface area contributed by atoms with E-state index in [0.29, 0.717) is 11.3 Å². The summed E-state index contributed by atoms with van der Waals surface area (Å²) in [4.78, 5) is 14.9. The summed E-state index contributed by atoms with van der Waals surface area (Å²) < 4.78 is 17.9. The van der Waals surface area contributed by atoms with E-state index in [-0.39, 0.29) is 0 Å². The maximum absolute atomic E-state index is 12.8. The van der Waals surface area contributed by atoms with Crippen LogP contribution in [0.5, 0.6) is 0 Å². The van der Waals surface area contributed by atoms with Crippen LogP contribution in [0.25, 0.3) is 0 Å². The van der Waals surface area contributed by atoms with Crippen LogP contribution in [0, 0.1) is 12.9 Å². The third kappa shape index (κ3) is 3.84. The largest absolute Gasteiger partial charge is 0.444 e. The highest BCUT2D eigenvalue weighted by Gasteiger charge is 2.16. The van der Waals surface area contributed by atoms with Crippen LogP contribution in [0.15, 0.2) is 12.3 Å². The van der Waals surface area contributed by atoms with Gasteiger partial charge in [-0.05, 0) is 33.3 Å². The monoisotopic (exact) mass is 226 g/mol. The molecule has 5 heteroatoms. The zero-order chi connectivity index (χ0) is 12.3. The minimum atomic E-state index is -0.642. The molecule has 0 aliphatic carbocycles. The SMILES string of the molecule is Cc1cnc(F)cc1NC(=O)OC(C)(C)C. The van der Waals surface area contributed by atoms with Gasteiger partial charge in [-0.15, -0.1) is 0 Å². The van der Waals surface area contributed by atoms with E-state index in [1.54, 1.807) is 27.7 Å². The van der Waals surface area contributed by atoms with Crippen LogP contribution in [0.3, 0.4) is 0 Å². The molecule has 0 aliphatic heterocycles.